The Morgan fingerprint density at radius 2 is 1.88 bits per heavy atom. The third-order valence-electron chi connectivity index (χ3n) is 4.64. The Kier molecular flexibility index (Phi) is 7.18. The zero-order valence-corrected chi connectivity index (χ0v) is 19.4. The van der Waals surface area contributed by atoms with E-state index in [1.54, 1.807) is 24.3 Å². The molecule has 174 valence electrons. The van der Waals surface area contributed by atoms with Gasteiger partial charge < -0.3 is 21.3 Å². The number of nitrogens with zero attached hydrogens (tertiary/aromatic N) is 1. The highest BCUT2D eigenvalue weighted by molar-refractivity contribution is 7.85. The molecule has 4 aromatic rings. The highest BCUT2D eigenvalue weighted by Crippen LogP contribution is 2.42. The number of aromatic nitrogens is 1. The van der Waals surface area contributed by atoms with Crippen LogP contribution in [0.4, 0.5) is 5.69 Å². The van der Waals surface area contributed by atoms with Crippen LogP contribution in [-0.2, 0) is 10.1 Å². The topological polar surface area (TPSA) is 163 Å². The molecular formula is C22H23N3O6S2. The molecule has 0 aliphatic carbocycles. The molecule has 6 N–H and O–H groups in total. The molecule has 0 aliphatic rings. The van der Waals surface area contributed by atoms with Gasteiger partial charge in [0, 0.05) is 34.1 Å². The SMILES string of the molecule is Cc1cc2nc(O)ccc2c2c(NC[C@H](C)N)c(C(=O)O)sc12.O=S(=O)(O)c1ccccc1. The van der Waals surface area contributed by atoms with Crippen LogP contribution < -0.4 is 11.1 Å². The number of anilines is 1. The summed E-state index contributed by atoms with van der Waals surface area (Å²) in [7, 11) is -4.00. The van der Waals surface area contributed by atoms with E-state index < -0.39 is 16.1 Å². The number of rotatable bonds is 5. The van der Waals surface area contributed by atoms with Crippen molar-refractivity contribution in [2.45, 2.75) is 24.8 Å². The summed E-state index contributed by atoms with van der Waals surface area (Å²) in [6, 6.07) is 12.4. The van der Waals surface area contributed by atoms with Gasteiger partial charge in [-0.25, -0.2) is 9.78 Å². The fourth-order valence-corrected chi connectivity index (χ4v) is 4.80. The molecule has 9 nitrogen and oxygen atoms in total. The minimum atomic E-state index is -4.00. The zero-order chi connectivity index (χ0) is 24.3. The van der Waals surface area contributed by atoms with Gasteiger partial charge in [-0.2, -0.15) is 8.42 Å². The van der Waals surface area contributed by atoms with E-state index in [0.29, 0.717) is 17.7 Å². The van der Waals surface area contributed by atoms with Gasteiger partial charge in [0.1, 0.15) is 4.88 Å². The molecule has 11 heteroatoms. The number of nitrogens with one attached hydrogen (secondary N) is 1. The molecule has 0 amide bonds. The second kappa shape index (κ2) is 9.71. The van der Waals surface area contributed by atoms with Gasteiger partial charge in [-0.1, -0.05) is 18.2 Å². The second-order valence-corrected chi connectivity index (χ2v) is 9.83. The van der Waals surface area contributed by atoms with Crippen LogP contribution in [0.2, 0.25) is 0 Å². The molecule has 2 aromatic carbocycles. The highest BCUT2D eigenvalue weighted by atomic mass is 32.2. The molecule has 0 unspecified atom stereocenters. The van der Waals surface area contributed by atoms with Crippen LogP contribution in [0.5, 0.6) is 5.88 Å². The Bertz CT molecular complexity index is 1420. The Morgan fingerprint density at radius 1 is 1.21 bits per heavy atom. The minimum absolute atomic E-state index is 0.0602. The molecule has 0 bridgehead atoms. The maximum atomic E-state index is 11.6. The fourth-order valence-electron chi connectivity index (χ4n) is 3.20. The molecule has 1 atom stereocenters. The number of benzene rings is 2. The average molecular weight is 490 g/mol. The normalized spacial score (nSPS) is 12.2. The number of aromatic carboxylic acids is 1. The number of aromatic hydroxyl groups is 1. The number of carboxylic acids is 1. The van der Waals surface area contributed by atoms with E-state index in [-0.39, 0.29) is 21.7 Å². The van der Waals surface area contributed by atoms with Gasteiger partial charge in [0.2, 0.25) is 5.88 Å². The number of thiophene rings is 1. The third kappa shape index (κ3) is 5.57. The second-order valence-electron chi connectivity index (χ2n) is 7.39. The first-order valence-corrected chi connectivity index (χ1v) is 12.1. The number of nitrogens with two attached hydrogens (primary N) is 1. The lowest BCUT2D eigenvalue weighted by Crippen LogP contribution is -2.25. The van der Waals surface area contributed by atoms with Crippen LogP contribution in [0.15, 0.2) is 53.4 Å². The van der Waals surface area contributed by atoms with E-state index in [1.807, 2.05) is 19.9 Å². The number of hydrogen-bond donors (Lipinski definition) is 5. The van der Waals surface area contributed by atoms with Crippen LogP contribution in [-0.4, -0.2) is 46.7 Å². The predicted octanol–water partition coefficient (Wildman–Crippen LogP) is 3.85. The van der Waals surface area contributed by atoms with Crippen molar-refractivity contribution in [1.82, 2.24) is 4.98 Å². The first-order valence-electron chi connectivity index (χ1n) is 9.80. The molecule has 0 fully saturated rings. The van der Waals surface area contributed by atoms with Crippen LogP contribution >= 0.6 is 11.3 Å². The summed E-state index contributed by atoms with van der Waals surface area (Å²) in [6.45, 7) is 4.23. The quantitative estimate of drug-likeness (QED) is 0.262. The van der Waals surface area contributed by atoms with Gasteiger partial charge in [-0.15, -0.1) is 11.3 Å². The lowest BCUT2D eigenvalue weighted by atomic mass is 10.1. The Morgan fingerprint density at radius 3 is 2.42 bits per heavy atom. The molecule has 0 aliphatic heterocycles. The van der Waals surface area contributed by atoms with Gasteiger partial charge in [-0.05, 0) is 43.7 Å². The summed E-state index contributed by atoms with van der Waals surface area (Å²) in [5.74, 6) is -1.03. The van der Waals surface area contributed by atoms with E-state index in [0.717, 1.165) is 21.0 Å². The van der Waals surface area contributed by atoms with E-state index in [2.05, 4.69) is 10.3 Å². The van der Waals surface area contributed by atoms with Crippen LogP contribution in [0, 0.1) is 6.92 Å². The van der Waals surface area contributed by atoms with Gasteiger partial charge in [0.25, 0.3) is 10.1 Å². The average Bonchev–Trinajstić information content (AvgIpc) is 3.13. The molecule has 0 radical (unpaired) electrons. The van der Waals surface area contributed by atoms with Crippen molar-refractivity contribution >= 4 is 54.1 Å². The summed E-state index contributed by atoms with van der Waals surface area (Å²) in [5, 5.41) is 23.9. The summed E-state index contributed by atoms with van der Waals surface area (Å²) in [4.78, 5) is 15.9. The fraction of sp³-hybridized carbons (Fsp3) is 0.182. The molecule has 2 aromatic heterocycles. The summed E-state index contributed by atoms with van der Waals surface area (Å²) in [5.41, 5.74) is 7.91. The monoisotopic (exact) mass is 489 g/mol. The molecule has 2 heterocycles. The van der Waals surface area contributed by atoms with Crippen LogP contribution in [0.25, 0.3) is 21.0 Å². The maximum absolute atomic E-state index is 11.6. The van der Waals surface area contributed by atoms with Crippen molar-refractivity contribution in [2.24, 2.45) is 5.73 Å². The van der Waals surface area contributed by atoms with Gasteiger partial charge in [0.15, 0.2) is 0 Å². The third-order valence-corrected chi connectivity index (χ3v) is 6.82. The molecular weight excluding hydrogens is 466 g/mol. The lowest BCUT2D eigenvalue weighted by Gasteiger charge is -2.11. The standard InChI is InChI=1S/C16H17N3O3S.C6H6O3S/c1-7-5-10-9(3-4-11(20)19-10)12-13(18-6-8(2)17)15(16(21)22)23-14(7)12;7-10(8,9)6-4-2-1-3-5-6/h3-5,8,18H,6,17H2,1-2H3,(H,19,20)(H,21,22);1-5H,(H,7,8,9)/t8-;/m0./s1. The zero-order valence-electron chi connectivity index (χ0n) is 17.8. The van der Waals surface area contributed by atoms with Crippen LogP contribution in [0.3, 0.4) is 0 Å². The Labute approximate surface area is 194 Å². The van der Waals surface area contributed by atoms with E-state index in [4.69, 9.17) is 10.3 Å². The summed E-state index contributed by atoms with van der Waals surface area (Å²) in [6.07, 6.45) is 0. The predicted molar refractivity (Wildman–Crippen MR) is 129 cm³/mol. The summed E-state index contributed by atoms with van der Waals surface area (Å²) >= 11 is 1.24. The first-order chi connectivity index (χ1) is 15.5. The maximum Gasteiger partial charge on any atom is 0.348 e. The van der Waals surface area contributed by atoms with Crippen LogP contribution in [0.1, 0.15) is 22.2 Å². The summed E-state index contributed by atoms with van der Waals surface area (Å²) < 4.78 is 30.1. The number of aryl methyl sites for hydroxylation is 1. The van der Waals surface area contributed by atoms with E-state index >= 15 is 0 Å². The molecule has 4 rings (SSSR count). The number of pyridine rings is 1. The lowest BCUT2D eigenvalue weighted by molar-refractivity contribution is 0.0703. The van der Waals surface area contributed by atoms with Crippen molar-refractivity contribution in [3.63, 3.8) is 0 Å². The number of carbonyl (C=O) groups is 1. The van der Waals surface area contributed by atoms with Crippen molar-refractivity contribution in [3.05, 3.63) is 59.0 Å². The molecule has 33 heavy (non-hydrogen) atoms. The number of carboxylic acid groups (broad SMARTS) is 1. The number of fused-ring (bicyclic) bond motifs is 3. The van der Waals surface area contributed by atoms with Crippen molar-refractivity contribution in [3.8, 4) is 5.88 Å². The largest absolute Gasteiger partial charge is 0.493 e. The number of hydrogen-bond acceptors (Lipinski definition) is 8. The van der Waals surface area contributed by atoms with E-state index in [9.17, 15) is 23.4 Å². The first kappa shape index (κ1) is 24.4. The van der Waals surface area contributed by atoms with Gasteiger partial charge >= 0.3 is 5.97 Å². The Hall–Kier alpha value is -3.25. The van der Waals surface area contributed by atoms with Crippen molar-refractivity contribution < 1.29 is 28.0 Å². The molecule has 0 spiro atoms. The minimum Gasteiger partial charge on any atom is -0.493 e. The molecule has 0 saturated heterocycles. The smallest absolute Gasteiger partial charge is 0.348 e. The van der Waals surface area contributed by atoms with Crippen molar-refractivity contribution in [1.29, 1.82) is 0 Å². The van der Waals surface area contributed by atoms with E-state index in [1.165, 1.54) is 29.5 Å². The van der Waals surface area contributed by atoms with Crippen molar-refractivity contribution in [2.75, 3.05) is 11.9 Å². The highest BCUT2D eigenvalue weighted by Gasteiger charge is 2.21. The van der Waals surface area contributed by atoms with Gasteiger partial charge in [0.05, 0.1) is 16.1 Å². The Balaban J connectivity index is 0.000000257. The molecule has 0 saturated carbocycles. The van der Waals surface area contributed by atoms with Gasteiger partial charge in [-0.3, -0.25) is 4.55 Å².